The van der Waals surface area contributed by atoms with Gasteiger partial charge in [-0.15, -0.1) is 10.2 Å². The summed E-state index contributed by atoms with van der Waals surface area (Å²) in [7, 11) is 1.62. The molecule has 0 aliphatic carbocycles. The Morgan fingerprint density at radius 3 is 2.56 bits per heavy atom. The number of carbonyl (C=O) groups is 1. The predicted molar refractivity (Wildman–Crippen MR) is 127 cm³/mol. The Balaban J connectivity index is 1.56. The van der Waals surface area contributed by atoms with Gasteiger partial charge in [-0.25, -0.2) is 4.98 Å². The summed E-state index contributed by atoms with van der Waals surface area (Å²) in [6.07, 6.45) is 1.26. The number of rotatable bonds is 10. The second-order valence-electron chi connectivity index (χ2n) is 7.35. The fraction of sp³-hybridized carbons (Fsp3) is 0.217. The molecule has 1 unspecified atom stereocenters. The first-order valence-corrected chi connectivity index (χ1v) is 11.1. The van der Waals surface area contributed by atoms with Gasteiger partial charge in [-0.2, -0.15) is 0 Å². The molecule has 4 rings (SSSR count). The number of ether oxygens (including phenoxy) is 3. The van der Waals surface area contributed by atoms with Crippen LogP contribution in [-0.4, -0.2) is 40.9 Å². The number of benzene rings is 2. The molecule has 34 heavy (non-hydrogen) atoms. The molecule has 0 aliphatic heterocycles. The topological polar surface area (TPSA) is 135 Å². The number of thiazole rings is 1. The highest BCUT2D eigenvalue weighted by Gasteiger charge is 2.12. The van der Waals surface area contributed by atoms with E-state index in [2.05, 4.69) is 20.5 Å². The van der Waals surface area contributed by atoms with Crippen molar-refractivity contribution in [1.29, 1.82) is 0 Å². The maximum Gasteiger partial charge on any atom is 0.260 e. The third-order valence-electron chi connectivity index (χ3n) is 4.48. The zero-order chi connectivity index (χ0) is 24.1. The lowest BCUT2D eigenvalue weighted by Gasteiger charge is -2.16. The number of amides is 1. The summed E-state index contributed by atoms with van der Waals surface area (Å²) in [4.78, 5) is 15.9. The molecule has 0 fully saturated rings. The molecule has 0 spiro atoms. The number of hydrogen-bond acceptors (Lipinski definition) is 10. The molecule has 10 nitrogen and oxygen atoms in total. The molecule has 1 atom stereocenters. The van der Waals surface area contributed by atoms with Crippen molar-refractivity contribution in [2.45, 2.75) is 20.0 Å². The normalized spacial score (nSPS) is 11.7. The molecule has 0 saturated carbocycles. The van der Waals surface area contributed by atoms with Crippen LogP contribution < -0.4 is 20.5 Å². The van der Waals surface area contributed by atoms with E-state index in [1.807, 2.05) is 37.3 Å². The standard InChI is InChI=1S/C23H23N5O5S/c1-13(12-30-3)31-18-8-16(26-23-25-11-20(34-23)21(24)29)9-19(10-18)33-17-6-4-15(5-7-17)22-28-27-14(2)32-22/h4-11,13H,12H2,1-3H3,(H2,24,29)(H,25,26). The van der Waals surface area contributed by atoms with E-state index < -0.39 is 5.91 Å². The van der Waals surface area contributed by atoms with Crippen LogP contribution in [0.25, 0.3) is 11.5 Å². The summed E-state index contributed by atoms with van der Waals surface area (Å²) in [6.45, 7) is 4.07. The Kier molecular flexibility index (Phi) is 7.04. The molecule has 176 valence electrons. The van der Waals surface area contributed by atoms with Gasteiger partial charge in [0.15, 0.2) is 5.13 Å². The number of primary amides is 1. The van der Waals surface area contributed by atoms with Crippen molar-refractivity contribution >= 4 is 28.1 Å². The van der Waals surface area contributed by atoms with Crippen LogP contribution in [0.2, 0.25) is 0 Å². The fourth-order valence-corrected chi connectivity index (χ4v) is 3.74. The molecule has 3 N–H and O–H groups in total. The maximum absolute atomic E-state index is 11.4. The van der Waals surface area contributed by atoms with Crippen molar-refractivity contribution in [2.75, 3.05) is 19.0 Å². The predicted octanol–water partition coefficient (Wildman–Crippen LogP) is 4.55. The van der Waals surface area contributed by atoms with Gasteiger partial charge < -0.3 is 29.7 Å². The number of methoxy groups -OCH3 is 1. The first-order valence-electron chi connectivity index (χ1n) is 10.3. The number of aromatic nitrogens is 3. The number of nitrogens with two attached hydrogens (primary N) is 1. The van der Waals surface area contributed by atoms with Gasteiger partial charge in [0.1, 0.15) is 28.2 Å². The van der Waals surface area contributed by atoms with Crippen LogP contribution in [-0.2, 0) is 4.74 Å². The fourth-order valence-electron chi connectivity index (χ4n) is 3.06. The van der Waals surface area contributed by atoms with Gasteiger partial charge in [0, 0.05) is 43.5 Å². The zero-order valence-electron chi connectivity index (χ0n) is 18.8. The minimum atomic E-state index is -0.529. The van der Waals surface area contributed by atoms with Crippen molar-refractivity contribution in [3.05, 3.63) is 59.4 Å². The summed E-state index contributed by atoms with van der Waals surface area (Å²) in [5, 5.41) is 11.5. The van der Waals surface area contributed by atoms with Crippen LogP contribution in [0.5, 0.6) is 17.2 Å². The van der Waals surface area contributed by atoms with Crippen LogP contribution in [0.4, 0.5) is 10.8 Å². The molecule has 2 aromatic heterocycles. The first kappa shape index (κ1) is 23.2. The Morgan fingerprint density at radius 1 is 1.15 bits per heavy atom. The van der Waals surface area contributed by atoms with E-state index in [1.165, 1.54) is 6.20 Å². The lowest BCUT2D eigenvalue weighted by Crippen LogP contribution is -2.18. The number of anilines is 2. The molecule has 1 amide bonds. The quantitative estimate of drug-likeness (QED) is 0.334. The highest BCUT2D eigenvalue weighted by molar-refractivity contribution is 7.17. The third kappa shape index (κ3) is 5.88. The average Bonchev–Trinajstić information content (AvgIpc) is 3.43. The van der Waals surface area contributed by atoms with E-state index in [0.29, 0.717) is 51.3 Å². The number of hydrogen-bond donors (Lipinski definition) is 2. The van der Waals surface area contributed by atoms with E-state index in [1.54, 1.807) is 26.2 Å². The van der Waals surface area contributed by atoms with Gasteiger partial charge in [-0.3, -0.25) is 4.79 Å². The molecule has 0 radical (unpaired) electrons. The molecule has 11 heteroatoms. The summed E-state index contributed by atoms with van der Waals surface area (Å²) in [5.41, 5.74) is 6.78. The summed E-state index contributed by atoms with van der Waals surface area (Å²) < 4.78 is 22.7. The summed E-state index contributed by atoms with van der Waals surface area (Å²) in [5.74, 6) is 2.14. The maximum atomic E-state index is 11.4. The van der Waals surface area contributed by atoms with Crippen molar-refractivity contribution in [3.8, 4) is 28.7 Å². The van der Waals surface area contributed by atoms with Crippen molar-refractivity contribution in [1.82, 2.24) is 15.2 Å². The minimum absolute atomic E-state index is 0.174. The third-order valence-corrected chi connectivity index (χ3v) is 5.41. The molecular weight excluding hydrogens is 458 g/mol. The van der Waals surface area contributed by atoms with Gasteiger partial charge >= 0.3 is 0 Å². The van der Waals surface area contributed by atoms with E-state index >= 15 is 0 Å². The number of nitrogens with zero attached hydrogens (tertiary/aromatic N) is 3. The van der Waals surface area contributed by atoms with Crippen LogP contribution in [0.15, 0.2) is 53.1 Å². The van der Waals surface area contributed by atoms with Crippen LogP contribution in [0.1, 0.15) is 22.5 Å². The highest BCUT2D eigenvalue weighted by atomic mass is 32.1. The number of aryl methyl sites for hydroxylation is 1. The lowest BCUT2D eigenvalue weighted by molar-refractivity contribution is 0.0920. The minimum Gasteiger partial charge on any atom is -0.488 e. The van der Waals surface area contributed by atoms with Crippen LogP contribution >= 0.6 is 11.3 Å². The first-order chi connectivity index (χ1) is 16.4. The lowest BCUT2D eigenvalue weighted by atomic mass is 10.2. The Bertz CT molecular complexity index is 1270. The van der Waals surface area contributed by atoms with E-state index in [9.17, 15) is 4.79 Å². The molecule has 0 bridgehead atoms. The SMILES string of the molecule is COCC(C)Oc1cc(Nc2ncc(C(N)=O)s2)cc(Oc2ccc(-c3nnc(C)o3)cc2)c1. The van der Waals surface area contributed by atoms with Gasteiger partial charge in [-0.1, -0.05) is 11.3 Å². The molecule has 4 aromatic rings. The summed E-state index contributed by atoms with van der Waals surface area (Å²) in [6, 6.07) is 12.7. The van der Waals surface area contributed by atoms with Gasteiger partial charge in [-0.05, 0) is 31.2 Å². The monoisotopic (exact) mass is 481 g/mol. The Labute approximate surface area is 199 Å². The van der Waals surface area contributed by atoms with Crippen molar-refractivity contribution in [2.24, 2.45) is 5.73 Å². The number of carbonyl (C=O) groups excluding carboxylic acids is 1. The second kappa shape index (κ2) is 10.3. The molecule has 2 heterocycles. The largest absolute Gasteiger partial charge is 0.488 e. The Morgan fingerprint density at radius 2 is 1.91 bits per heavy atom. The van der Waals surface area contributed by atoms with Crippen LogP contribution in [0.3, 0.4) is 0 Å². The van der Waals surface area contributed by atoms with Crippen molar-refractivity contribution in [3.63, 3.8) is 0 Å². The second-order valence-corrected chi connectivity index (χ2v) is 8.38. The smallest absolute Gasteiger partial charge is 0.260 e. The number of nitrogens with one attached hydrogen (secondary N) is 1. The average molecular weight is 482 g/mol. The van der Waals surface area contributed by atoms with Gasteiger partial charge in [0.2, 0.25) is 11.8 Å². The highest BCUT2D eigenvalue weighted by Crippen LogP contribution is 2.33. The van der Waals surface area contributed by atoms with E-state index in [0.717, 1.165) is 16.9 Å². The van der Waals surface area contributed by atoms with E-state index in [4.69, 9.17) is 24.4 Å². The zero-order valence-corrected chi connectivity index (χ0v) is 19.6. The Hall–Kier alpha value is -3.96. The molecular formula is C23H23N5O5S. The summed E-state index contributed by atoms with van der Waals surface area (Å²) >= 11 is 1.16. The van der Waals surface area contributed by atoms with Crippen molar-refractivity contribution < 1.29 is 23.4 Å². The van der Waals surface area contributed by atoms with E-state index in [-0.39, 0.29) is 6.10 Å². The van der Waals surface area contributed by atoms with Gasteiger partial charge in [0.05, 0.1) is 12.8 Å². The molecule has 2 aromatic carbocycles. The molecule has 0 saturated heterocycles. The van der Waals surface area contributed by atoms with Crippen LogP contribution in [0, 0.1) is 6.92 Å². The van der Waals surface area contributed by atoms with Gasteiger partial charge in [0.25, 0.3) is 5.91 Å². The molecule has 0 aliphatic rings.